The maximum absolute atomic E-state index is 12.3. The summed E-state index contributed by atoms with van der Waals surface area (Å²) in [5, 5.41) is 0. The van der Waals surface area contributed by atoms with Crippen LogP contribution in [-0.2, 0) is 61.9 Å². The monoisotopic (exact) mass is 772 g/mol. The van der Waals surface area contributed by atoms with Gasteiger partial charge in [-0.05, 0) is 41.5 Å². The molecule has 1 fully saturated rings. The van der Waals surface area contributed by atoms with Crippen LogP contribution in [0.1, 0.15) is 70.3 Å². The molecule has 7 atom stereocenters. The van der Waals surface area contributed by atoms with E-state index in [0.29, 0.717) is 28.2 Å². The minimum absolute atomic E-state index is 0.0535. The van der Waals surface area contributed by atoms with Gasteiger partial charge in [-0.2, -0.15) is 0 Å². The quantitative estimate of drug-likeness (QED) is 0.188. The van der Waals surface area contributed by atoms with Gasteiger partial charge >= 0.3 is 35.8 Å². The molecule has 2 aliphatic rings. The molecule has 0 aliphatic carbocycles. The van der Waals surface area contributed by atoms with Gasteiger partial charge in [0.05, 0.1) is 20.1 Å². The number of hydrogen-bond acceptors (Lipinski definition) is 17. The summed E-state index contributed by atoms with van der Waals surface area (Å²) >= 11 is 0. The van der Waals surface area contributed by atoms with E-state index >= 15 is 0 Å². The van der Waals surface area contributed by atoms with Gasteiger partial charge in [-0.3, -0.25) is 28.8 Å². The Balaban J connectivity index is 1.72. The second-order valence-electron chi connectivity index (χ2n) is 12.4. The number of ether oxygens (including phenoxy) is 11. The van der Waals surface area contributed by atoms with E-state index in [9.17, 15) is 28.8 Å². The summed E-state index contributed by atoms with van der Waals surface area (Å²) < 4.78 is 62.2. The highest BCUT2D eigenvalue weighted by Crippen LogP contribution is 2.52. The number of rotatable bonds is 15. The van der Waals surface area contributed by atoms with E-state index in [0.717, 1.165) is 20.8 Å². The molecule has 4 rings (SSSR count). The number of carbonyl (C=O) groups excluding carboxylic acids is 6. The fourth-order valence-electron chi connectivity index (χ4n) is 6.07. The first kappa shape index (κ1) is 41.9. The molecule has 17 nitrogen and oxygen atoms in total. The summed E-state index contributed by atoms with van der Waals surface area (Å²) in [6.45, 7) is 6.69. The fraction of sp³-hybridized carbons (Fsp3) is 0.474. The predicted molar refractivity (Wildman–Crippen MR) is 187 cm³/mol. The van der Waals surface area contributed by atoms with Crippen LogP contribution in [0.4, 0.5) is 0 Å². The van der Waals surface area contributed by atoms with Crippen LogP contribution < -0.4 is 18.9 Å². The van der Waals surface area contributed by atoms with Crippen molar-refractivity contribution in [3.05, 3.63) is 53.1 Å². The average Bonchev–Trinajstić information content (AvgIpc) is 3.48. The number of benzene rings is 2. The molecule has 0 amide bonds. The van der Waals surface area contributed by atoms with E-state index in [-0.39, 0.29) is 24.7 Å². The van der Waals surface area contributed by atoms with Crippen LogP contribution in [-0.4, -0.2) is 101 Å². The van der Waals surface area contributed by atoms with Crippen LogP contribution in [0.15, 0.2) is 36.4 Å². The molecule has 1 saturated heterocycles. The molecule has 0 spiro atoms. The van der Waals surface area contributed by atoms with E-state index < -0.39 is 85.2 Å². The van der Waals surface area contributed by atoms with Gasteiger partial charge in [0.2, 0.25) is 12.4 Å². The van der Waals surface area contributed by atoms with Crippen molar-refractivity contribution in [1.82, 2.24) is 0 Å². The Labute approximate surface area is 316 Å². The first-order chi connectivity index (χ1) is 26.1. The van der Waals surface area contributed by atoms with Gasteiger partial charge in [0.15, 0.2) is 35.2 Å². The normalized spacial score (nSPS) is 22.7. The van der Waals surface area contributed by atoms with E-state index in [1.165, 1.54) is 41.1 Å². The minimum Gasteiger partial charge on any atom is -0.493 e. The molecule has 2 heterocycles. The Hall–Kier alpha value is -5.84. The van der Waals surface area contributed by atoms with E-state index in [4.69, 9.17) is 52.1 Å². The maximum Gasteiger partial charge on any atom is 0.303 e. The lowest BCUT2D eigenvalue weighted by atomic mass is 9.90. The second kappa shape index (κ2) is 19.0. The van der Waals surface area contributed by atoms with Gasteiger partial charge < -0.3 is 52.1 Å². The van der Waals surface area contributed by atoms with Gasteiger partial charge in [-0.1, -0.05) is 12.1 Å². The van der Waals surface area contributed by atoms with E-state index in [1.54, 1.807) is 30.4 Å². The highest BCUT2D eigenvalue weighted by atomic mass is 16.7. The predicted octanol–water partition coefficient (Wildman–Crippen LogP) is 3.52. The summed E-state index contributed by atoms with van der Waals surface area (Å²) in [7, 11) is 2.87. The molecule has 0 radical (unpaired) electrons. The SMILES string of the molecule is COc1cc([C@H]2Oc3c(OC)cc(/C=C/COC(C)=O)cc3[C@H]2COC(C)=O)ccc1O[C@@H]1O[C@H](COC(C)=O)[C@@H](OC(C)=O)[C@H](OC(C)=O)[C@H]1OC(C)=O. The zero-order valence-electron chi connectivity index (χ0n) is 31.6. The molecule has 0 bridgehead atoms. The third kappa shape index (κ3) is 11.1. The van der Waals surface area contributed by atoms with Crippen molar-refractivity contribution in [2.75, 3.05) is 34.0 Å². The number of methoxy groups -OCH3 is 2. The first-order valence-corrected chi connectivity index (χ1v) is 17.1. The highest BCUT2D eigenvalue weighted by molar-refractivity contribution is 5.69. The summed E-state index contributed by atoms with van der Waals surface area (Å²) in [6, 6.07) is 8.45. The fourth-order valence-corrected chi connectivity index (χ4v) is 6.07. The van der Waals surface area contributed by atoms with Gasteiger partial charge in [0.1, 0.15) is 32.0 Å². The zero-order chi connectivity index (χ0) is 40.4. The second-order valence-corrected chi connectivity index (χ2v) is 12.4. The highest BCUT2D eigenvalue weighted by Gasteiger charge is 2.53. The Kier molecular flexibility index (Phi) is 14.4. The lowest BCUT2D eigenvalue weighted by Gasteiger charge is -2.44. The Bertz CT molecular complexity index is 1780. The summed E-state index contributed by atoms with van der Waals surface area (Å²) in [5.41, 5.74) is 1.98. The van der Waals surface area contributed by atoms with Crippen molar-refractivity contribution in [2.24, 2.45) is 0 Å². The smallest absolute Gasteiger partial charge is 0.303 e. The molecule has 0 saturated carbocycles. The molecule has 0 unspecified atom stereocenters. The van der Waals surface area contributed by atoms with Crippen LogP contribution >= 0.6 is 0 Å². The standard InChI is InChI=1S/C38H44O17/c1-19(39)47-13-9-10-25-14-27-28(17-48-20(2)40)33(55-34(27)31(15-25)46-8)26-11-12-29(30(16-26)45-7)53-38-37(52-24(6)44)36(51-23(5)43)35(50-22(4)42)32(54-38)18-49-21(3)41/h9-12,14-16,28,32-33,35-38H,13,17-18H2,1-8H3/b10-9+/t28-,32-,33-,35-,36+,37-,38-/m1/s1. The topological polar surface area (TPSA) is 204 Å². The van der Waals surface area contributed by atoms with Crippen LogP contribution in [0, 0.1) is 0 Å². The maximum atomic E-state index is 12.3. The van der Waals surface area contributed by atoms with Crippen molar-refractivity contribution >= 4 is 41.9 Å². The molecular weight excluding hydrogens is 728 g/mol. The molecule has 2 aromatic rings. The molecule has 298 valence electrons. The summed E-state index contributed by atoms with van der Waals surface area (Å²) in [4.78, 5) is 71.6. The first-order valence-electron chi connectivity index (χ1n) is 17.1. The Morgan fingerprint density at radius 1 is 0.655 bits per heavy atom. The number of carbonyl (C=O) groups is 6. The van der Waals surface area contributed by atoms with Crippen LogP contribution in [0.5, 0.6) is 23.0 Å². The molecule has 0 aromatic heterocycles. The largest absolute Gasteiger partial charge is 0.493 e. The number of fused-ring (bicyclic) bond motifs is 1. The van der Waals surface area contributed by atoms with E-state index in [2.05, 4.69) is 0 Å². The third-order valence-electron chi connectivity index (χ3n) is 8.20. The van der Waals surface area contributed by atoms with Crippen molar-refractivity contribution in [2.45, 2.75) is 84.3 Å². The molecule has 2 aromatic carbocycles. The average molecular weight is 773 g/mol. The molecular formula is C38H44O17. The lowest BCUT2D eigenvalue weighted by Crippen LogP contribution is -2.63. The number of esters is 6. The van der Waals surface area contributed by atoms with Gasteiger partial charge in [-0.25, -0.2) is 0 Å². The Morgan fingerprint density at radius 3 is 1.85 bits per heavy atom. The van der Waals surface area contributed by atoms with Crippen molar-refractivity contribution in [3.8, 4) is 23.0 Å². The van der Waals surface area contributed by atoms with Crippen LogP contribution in [0.2, 0.25) is 0 Å². The molecule has 55 heavy (non-hydrogen) atoms. The molecule has 0 N–H and O–H groups in total. The van der Waals surface area contributed by atoms with Crippen molar-refractivity contribution in [3.63, 3.8) is 0 Å². The molecule has 2 aliphatic heterocycles. The van der Waals surface area contributed by atoms with E-state index in [1.807, 2.05) is 6.07 Å². The lowest BCUT2D eigenvalue weighted by molar-refractivity contribution is -0.288. The van der Waals surface area contributed by atoms with Crippen molar-refractivity contribution < 1.29 is 80.9 Å². The van der Waals surface area contributed by atoms with Crippen molar-refractivity contribution in [1.29, 1.82) is 0 Å². The Morgan fingerprint density at radius 2 is 1.25 bits per heavy atom. The van der Waals surface area contributed by atoms with Gasteiger partial charge in [0.25, 0.3) is 0 Å². The summed E-state index contributed by atoms with van der Waals surface area (Å²) in [5.74, 6) is -3.38. The van der Waals surface area contributed by atoms with Gasteiger partial charge in [-0.15, -0.1) is 0 Å². The third-order valence-corrected chi connectivity index (χ3v) is 8.20. The molecule has 17 heteroatoms. The zero-order valence-corrected chi connectivity index (χ0v) is 31.6. The van der Waals surface area contributed by atoms with Crippen LogP contribution in [0.3, 0.4) is 0 Å². The minimum atomic E-state index is -1.51. The summed E-state index contributed by atoms with van der Waals surface area (Å²) in [6.07, 6.45) is -4.34. The number of hydrogen-bond donors (Lipinski definition) is 0. The van der Waals surface area contributed by atoms with Gasteiger partial charge in [0, 0.05) is 47.1 Å². The van der Waals surface area contributed by atoms with Crippen LogP contribution in [0.25, 0.3) is 6.08 Å².